The van der Waals surface area contributed by atoms with Crippen LogP contribution in [0.2, 0.25) is 0 Å². The van der Waals surface area contributed by atoms with E-state index in [-0.39, 0.29) is 23.5 Å². The van der Waals surface area contributed by atoms with Gasteiger partial charge in [-0.15, -0.1) is 0 Å². The summed E-state index contributed by atoms with van der Waals surface area (Å²) in [7, 11) is 0. The molecule has 1 N–H and O–H groups in total. The van der Waals surface area contributed by atoms with E-state index in [1.54, 1.807) is 30.3 Å². The van der Waals surface area contributed by atoms with Gasteiger partial charge in [0.15, 0.2) is 5.69 Å². The zero-order valence-corrected chi connectivity index (χ0v) is 16.7. The van der Waals surface area contributed by atoms with Crippen molar-refractivity contribution in [3.05, 3.63) is 105 Å². The molecule has 1 amide bonds. The normalized spacial score (nSPS) is 10.8. The predicted octanol–water partition coefficient (Wildman–Crippen LogP) is 4.60. The van der Waals surface area contributed by atoms with E-state index < -0.39 is 11.7 Å². The molecule has 1 aromatic heterocycles. The van der Waals surface area contributed by atoms with Gasteiger partial charge in [-0.05, 0) is 29.8 Å². The number of nitrogens with one attached hydrogen (secondary N) is 1. The number of hydrogen-bond acceptors (Lipinski definition) is 3. The quantitative estimate of drug-likeness (QED) is 0.493. The first-order chi connectivity index (χ1) is 14.0. The summed E-state index contributed by atoms with van der Waals surface area (Å²) in [4.78, 5) is 25.8. The molecule has 0 aliphatic heterocycles. The van der Waals surface area contributed by atoms with Gasteiger partial charge in [0.05, 0.1) is 17.6 Å². The lowest BCUT2D eigenvalue weighted by Gasteiger charge is -2.12. The van der Waals surface area contributed by atoms with Crippen molar-refractivity contribution in [2.45, 2.75) is 6.54 Å². The van der Waals surface area contributed by atoms with Gasteiger partial charge >= 0.3 is 0 Å². The Morgan fingerprint density at radius 1 is 1.00 bits per heavy atom. The van der Waals surface area contributed by atoms with E-state index in [4.69, 9.17) is 0 Å². The molecular formula is C22H15BrFN3O2. The van der Waals surface area contributed by atoms with Gasteiger partial charge in [0.25, 0.3) is 11.5 Å². The number of fused-ring (bicyclic) bond motifs is 1. The van der Waals surface area contributed by atoms with Crippen molar-refractivity contribution in [1.29, 1.82) is 0 Å². The molecule has 0 aliphatic carbocycles. The van der Waals surface area contributed by atoms with E-state index in [0.29, 0.717) is 15.2 Å². The molecule has 3 aromatic carbocycles. The average molecular weight is 452 g/mol. The van der Waals surface area contributed by atoms with Gasteiger partial charge in [-0.2, -0.15) is 5.10 Å². The number of benzene rings is 3. The first kappa shape index (κ1) is 19.0. The van der Waals surface area contributed by atoms with Crippen LogP contribution < -0.4 is 10.9 Å². The molecular weight excluding hydrogens is 437 g/mol. The summed E-state index contributed by atoms with van der Waals surface area (Å²) in [5.74, 6) is -1.17. The van der Waals surface area contributed by atoms with Crippen LogP contribution in [-0.2, 0) is 6.54 Å². The Bertz CT molecular complexity index is 1270. The monoisotopic (exact) mass is 451 g/mol. The van der Waals surface area contributed by atoms with Gasteiger partial charge in [0.1, 0.15) is 5.82 Å². The lowest BCUT2D eigenvalue weighted by Crippen LogP contribution is -2.28. The van der Waals surface area contributed by atoms with Gasteiger partial charge in [0.2, 0.25) is 0 Å². The fourth-order valence-corrected chi connectivity index (χ4v) is 3.37. The highest BCUT2D eigenvalue weighted by atomic mass is 79.9. The SMILES string of the molecule is O=C(Nc1ccc(Br)cc1F)c1nn(Cc2ccccc2)c(=O)c2ccccc12. The third-order valence-electron chi connectivity index (χ3n) is 4.44. The van der Waals surface area contributed by atoms with E-state index >= 15 is 0 Å². The Morgan fingerprint density at radius 3 is 2.41 bits per heavy atom. The molecule has 0 spiro atoms. The van der Waals surface area contributed by atoms with Crippen LogP contribution >= 0.6 is 15.9 Å². The zero-order valence-electron chi connectivity index (χ0n) is 15.1. The molecule has 0 saturated carbocycles. The van der Waals surface area contributed by atoms with Crippen molar-refractivity contribution in [2.75, 3.05) is 5.32 Å². The Balaban J connectivity index is 1.79. The maximum Gasteiger partial charge on any atom is 0.276 e. The van der Waals surface area contributed by atoms with Crippen LogP contribution in [0.3, 0.4) is 0 Å². The second kappa shape index (κ2) is 7.97. The van der Waals surface area contributed by atoms with E-state index in [9.17, 15) is 14.0 Å². The molecule has 0 bridgehead atoms. The standard InChI is InChI=1S/C22H15BrFN3O2/c23-15-10-11-19(18(24)12-15)25-21(28)20-16-8-4-5-9-17(16)22(29)27(26-20)13-14-6-2-1-3-7-14/h1-12H,13H2,(H,25,28). The van der Waals surface area contributed by atoms with Crippen molar-refractivity contribution in [1.82, 2.24) is 9.78 Å². The number of amides is 1. The van der Waals surface area contributed by atoms with Crippen LogP contribution in [0.4, 0.5) is 10.1 Å². The molecule has 0 unspecified atom stereocenters. The van der Waals surface area contributed by atoms with Gasteiger partial charge < -0.3 is 5.32 Å². The summed E-state index contributed by atoms with van der Waals surface area (Å²) in [6.07, 6.45) is 0. The van der Waals surface area contributed by atoms with Crippen LogP contribution in [0, 0.1) is 5.82 Å². The molecule has 0 saturated heterocycles. The minimum Gasteiger partial charge on any atom is -0.318 e. The maximum atomic E-state index is 14.2. The molecule has 0 atom stereocenters. The van der Waals surface area contributed by atoms with Crippen molar-refractivity contribution < 1.29 is 9.18 Å². The van der Waals surface area contributed by atoms with Crippen molar-refractivity contribution in [3.8, 4) is 0 Å². The second-order valence-corrected chi connectivity index (χ2v) is 7.34. The lowest BCUT2D eigenvalue weighted by atomic mass is 10.1. The fraction of sp³-hybridized carbons (Fsp3) is 0.0455. The summed E-state index contributed by atoms with van der Waals surface area (Å²) in [6.45, 7) is 0.220. The lowest BCUT2D eigenvalue weighted by molar-refractivity contribution is 0.102. The molecule has 4 rings (SSSR count). The molecule has 0 aliphatic rings. The minimum absolute atomic E-state index is 0.0323. The maximum absolute atomic E-state index is 14.2. The number of halogens is 2. The Morgan fingerprint density at radius 2 is 1.69 bits per heavy atom. The number of carbonyl (C=O) groups is 1. The Labute approximate surface area is 173 Å². The third kappa shape index (κ3) is 3.95. The van der Waals surface area contributed by atoms with E-state index in [1.165, 1.54) is 16.8 Å². The smallest absolute Gasteiger partial charge is 0.276 e. The molecule has 5 nitrogen and oxygen atoms in total. The highest BCUT2D eigenvalue weighted by molar-refractivity contribution is 9.10. The highest BCUT2D eigenvalue weighted by Crippen LogP contribution is 2.21. The largest absolute Gasteiger partial charge is 0.318 e. The summed E-state index contributed by atoms with van der Waals surface area (Å²) in [6, 6.07) is 20.5. The van der Waals surface area contributed by atoms with Gasteiger partial charge in [-0.25, -0.2) is 9.07 Å². The first-order valence-corrected chi connectivity index (χ1v) is 9.62. The third-order valence-corrected chi connectivity index (χ3v) is 4.93. The molecule has 144 valence electrons. The molecule has 0 radical (unpaired) electrons. The summed E-state index contributed by atoms with van der Waals surface area (Å²) in [5, 5.41) is 7.63. The predicted molar refractivity (Wildman–Crippen MR) is 114 cm³/mol. The molecule has 29 heavy (non-hydrogen) atoms. The number of hydrogen-bond donors (Lipinski definition) is 1. The molecule has 7 heteroatoms. The summed E-state index contributed by atoms with van der Waals surface area (Å²) < 4.78 is 16.0. The van der Waals surface area contributed by atoms with Gasteiger partial charge in [-0.1, -0.05) is 64.5 Å². The summed E-state index contributed by atoms with van der Waals surface area (Å²) in [5.41, 5.74) is 0.668. The van der Waals surface area contributed by atoms with Crippen molar-refractivity contribution in [3.63, 3.8) is 0 Å². The number of nitrogens with zero attached hydrogens (tertiary/aromatic N) is 2. The first-order valence-electron chi connectivity index (χ1n) is 8.83. The number of anilines is 1. The van der Waals surface area contributed by atoms with Crippen molar-refractivity contribution >= 4 is 38.3 Å². The minimum atomic E-state index is -0.593. The number of aromatic nitrogens is 2. The number of rotatable bonds is 4. The van der Waals surface area contributed by atoms with Crippen LogP contribution in [0.1, 0.15) is 16.1 Å². The topological polar surface area (TPSA) is 64.0 Å². The molecule has 0 fully saturated rings. The van der Waals surface area contributed by atoms with E-state index in [2.05, 4.69) is 26.3 Å². The molecule has 1 heterocycles. The van der Waals surface area contributed by atoms with Crippen LogP contribution in [-0.4, -0.2) is 15.7 Å². The highest BCUT2D eigenvalue weighted by Gasteiger charge is 2.18. The van der Waals surface area contributed by atoms with E-state index in [1.807, 2.05) is 30.3 Å². The van der Waals surface area contributed by atoms with Crippen LogP contribution in [0.25, 0.3) is 10.8 Å². The van der Waals surface area contributed by atoms with E-state index in [0.717, 1.165) is 5.56 Å². The van der Waals surface area contributed by atoms with Gasteiger partial charge in [0, 0.05) is 9.86 Å². The summed E-state index contributed by atoms with van der Waals surface area (Å²) >= 11 is 3.19. The number of carbonyl (C=O) groups excluding carboxylic acids is 1. The Hall–Kier alpha value is -3.32. The zero-order chi connectivity index (χ0) is 20.4. The van der Waals surface area contributed by atoms with Gasteiger partial charge in [-0.3, -0.25) is 9.59 Å². The molecule has 4 aromatic rings. The van der Waals surface area contributed by atoms with Crippen molar-refractivity contribution in [2.24, 2.45) is 0 Å². The Kier molecular flexibility index (Phi) is 5.22. The second-order valence-electron chi connectivity index (χ2n) is 6.42. The van der Waals surface area contributed by atoms with Crippen LogP contribution in [0.15, 0.2) is 82.1 Å². The fourth-order valence-electron chi connectivity index (χ4n) is 3.04. The average Bonchev–Trinajstić information content (AvgIpc) is 2.73. The van der Waals surface area contributed by atoms with Crippen LogP contribution in [0.5, 0.6) is 0 Å².